The van der Waals surface area contributed by atoms with Gasteiger partial charge in [-0.15, -0.1) is 0 Å². The Labute approximate surface area is 142 Å². The number of ether oxygens (including phenoxy) is 3. The minimum absolute atomic E-state index is 0.273. The highest BCUT2D eigenvalue weighted by atomic mass is 35.5. The Kier molecular flexibility index (Phi) is 4.39. The highest BCUT2D eigenvalue weighted by molar-refractivity contribution is 6.30. The third-order valence-corrected chi connectivity index (χ3v) is 3.49. The smallest absolute Gasteiger partial charge is 0.460 e. The average Bonchev–Trinajstić information content (AvgIpc) is 2.85. The molecule has 0 saturated carbocycles. The van der Waals surface area contributed by atoms with Crippen LogP contribution in [0.15, 0.2) is 66.2 Å². The Morgan fingerprint density at radius 2 is 1.71 bits per heavy atom. The van der Waals surface area contributed by atoms with Crippen LogP contribution in [0.2, 0.25) is 5.02 Å². The number of nitrogens with two attached hydrogens (primary N) is 1. The molecule has 2 aromatic rings. The molecule has 6 nitrogen and oxygen atoms in total. The third-order valence-electron chi connectivity index (χ3n) is 3.23. The van der Waals surface area contributed by atoms with Gasteiger partial charge in [0.1, 0.15) is 5.75 Å². The number of ketones is 1. The molecule has 1 atom stereocenters. The number of benzene rings is 2. The summed E-state index contributed by atoms with van der Waals surface area (Å²) in [5, 5.41) is 0.521. The monoisotopic (exact) mass is 345 g/mol. The number of carbonyl (C=O) groups is 2. The average molecular weight is 346 g/mol. The van der Waals surface area contributed by atoms with Crippen molar-refractivity contribution >= 4 is 23.5 Å². The first-order valence-corrected chi connectivity index (χ1v) is 7.33. The zero-order valence-electron chi connectivity index (χ0n) is 12.3. The molecule has 1 unspecified atom stereocenters. The topological polar surface area (TPSA) is 87.9 Å². The lowest BCUT2D eigenvalue weighted by Crippen LogP contribution is -2.17. The van der Waals surface area contributed by atoms with Gasteiger partial charge < -0.3 is 19.9 Å². The van der Waals surface area contributed by atoms with Gasteiger partial charge in [0.2, 0.25) is 17.4 Å². The summed E-state index contributed by atoms with van der Waals surface area (Å²) in [6.45, 7) is 0. The van der Waals surface area contributed by atoms with Crippen LogP contribution in [0.3, 0.4) is 0 Å². The van der Waals surface area contributed by atoms with Crippen molar-refractivity contribution in [2.75, 3.05) is 0 Å². The van der Waals surface area contributed by atoms with E-state index >= 15 is 0 Å². The molecule has 1 heterocycles. The first-order valence-electron chi connectivity index (χ1n) is 6.95. The highest BCUT2D eigenvalue weighted by Crippen LogP contribution is 2.32. The predicted molar refractivity (Wildman–Crippen MR) is 85.0 cm³/mol. The van der Waals surface area contributed by atoms with Crippen molar-refractivity contribution in [3.05, 3.63) is 76.8 Å². The van der Waals surface area contributed by atoms with Crippen LogP contribution in [0.25, 0.3) is 0 Å². The first-order chi connectivity index (χ1) is 11.5. The SMILES string of the molecule is NC1=C(OC(=O)Oc2ccccc2)C(=O)C(c2ccc(Cl)cc2)O1. The summed E-state index contributed by atoms with van der Waals surface area (Å²) in [5.41, 5.74) is 6.19. The van der Waals surface area contributed by atoms with Crippen LogP contribution in [-0.4, -0.2) is 11.9 Å². The summed E-state index contributed by atoms with van der Waals surface area (Å²) >= 11 is 5.81. The lowest BCUT2D eigenvalue weighted by molar-refractivity contribution is -0.123. The fourth-order valence-corrected chi connectivity index (χ4v) is 2.25. The Morgan fingerprint density at radius 1 is 1.04 bits per heavy atom. The lowest BCUT2D eigenvalue weighted by atomic mass is 10.1. The van der Waals surface area contributed by atoms with Crippen molar-refractivity contribution < 1.29 is 23.8 Å². The van der Waals surface area contributed by atoms with Crippen molar-refractivity contribution in [3.8, 4) is 5.75 Å². The van der Waals surface area contributed by atoms with Gasteiger partial charge in [-0.2, -0.15) is 0 Å². The van der Waals surface area contributed by atoms with E-state index in [1.54, 1.807) is 54.6 Å². The predicted octanol–water partition coefficient (Wildman–Crippen LogP) is 3.32. The molecule has 0 bridgehead atoms. The maximum Gasteiger partial charge on any atom is 0.519 e. The summed E-state index contributed by atoms with van der Waals surface area (Å²) in [5.74, 6) is -0.942. The van der Waals surface area contributed by atoms with Crippen molar-refractivity contribution in [3.63, 3.8) is 0 Å². The quantitative estimate of drug-likeness (QED) is 0.678. The molecule has 0 amide bonds. The van der Waals surface area contributed by atoms with Crippen molar-refractivity contribution in [1.82, 2.24) is 0 Å². The molecule has 122 valence electrons. The zero-order valence-corrected chi connectivity index (χ0v) is 13.0. The fraction of sp³-hybridized carbons (Fsp3) is 0.0588. The summed E-state index contributed by atoms with van der Waals surface area (Å²) in [7, 11) is 0. The van der Waals surface area contributed by atoms with Gasteiger partial charge in [0.05, 0.1) is 0 Å². The van der Waals surface area contributed by atoms with E-state index in [-0.39, 0.29) is 17.4 Å². The second-order valence-corrected chi connectivity index (χ2v) is 5.31. The van der Waals surface area contributed by atoms with Gasteiger partial charge in [0.15, 0.2) is 6.10 Å². The second kappa shape index (κ2) is 6.64. The molecule has 0 radical (unpaired) electrons. The fourth-order valence-electron chi connectivity index (χ4n) is 2.12. The van der Waals surface area contributed by atoms with E-state index in [2.05, 4.69) is 0 Å². The number of hydrogen-bond acceptors (Lipinski definition) is 6. The second-order valence-electron chi connectivity index (χ2n) is 4.87. The lowest BCUT2D eigenvalue weighted by Gasteiger charge is -2.09. The third kappa shape index (κ3) is 3.33. The molecule has 24 heavy (non-hydrogen) atoms. The van der Waals surface area contributed by atoms with Gasteiger partial charge in [-0.05, 0) is 24.3 Å². The van der Waals surface area contributed by atoms with E-state index in [1.807, 2.05) is 0 Å². The van der Waals surface area contributed by atoms with Crippen LogP contribution in [0.5, 0.6) is 5.75 Å². The van der Waals surface area contributed by atoms with Gasteiger partial charge in [-0.1, -0.05) is 41.9 Å². The first kappa shape index (κ1) is 15.9. The number of hydrogen-bond donors (Lipinski definition) is 1. The van der Waals surface area contributed by atoms with Gasteiger partial charge >= 0.3 is 6.16 Å². The summed E-state index contributed by atoms with van der Waals surface area (Å²) < 4.78 is 15.2. The van der Waals surface area contributed by atoms with Crippen molar-refractivity contribution in [2.24, 2.45) is 5.73 Å². The van der Waals surface area contributed by atoms with Gasteiger partial charge in [0.25, 0.3) is 0 Å². The number of halogens is 1. The van der Waals surface area contributed by atoms with Gasteiger partial charge in [-0.25, -0.2) is 4.79 Å². The van der Waals surface area contributed by atoms with E-state index in [0.29, 0.717) is 10.6 Å². The molecule has 2 aromatic carbocycles. The standard InChI is InChI=1S/C17H12ClNO5/c18-11-8-6-10(7-9-11)14-13(20)15(16(19)23-14)24-17(21)22-12-4-2-1-3-5-12/h1-9,14H,19H2. The van der Waals surface area contributed by atoms with E-state index in [0.717, 1.165) is 0 Å². The molecule has 3 rings (SSSR count). The van der Waals surface area contributed by atoms with Gasteiger partial charge in [0, 0.05) is 10.6 Å². The summed E-state index contributed by atoms with van der Waals surface area (Å²) in [4.78, 5) is 24.1. The molecule has 1 aliphatic rings. The largest absolute Gasteiger partial charge is 0.519 e. The Morgan fingerprint density at radius 3 is 2.38 bits per heavy atom. The van der Waals surface area contributed by atoms with Crippen LogP contribution >= 0.6 is 11.6 Å². The van der Waals surface area contributed by atoms with Crippen molar-refractivity contribution in [2.45, 2.75) is 6.10 Å². The van der Waals surface area contributed by atoms with E-state index in [9.17, 15) is 9.59 Å². The van der Waals surface area contributed by atoms with E-state index in [1.165, 1.54) is 0 Å². The highest BCUT2D eigenvalue weighted by Gasteiger charge is 2.38. The number of rotatable bonds is 3. The maximum absolute atomic E-state index is 12.4. The Balaban J connectivity index is 1.69. The molecule has 0 saturated heterocycles. The van der Waals surface area contributed by atoms with Crippen LogP contribution in [0, 0.1) is 0 Å². The molecular formula is C17H12ClNO5. The van der Waals surface area contributed by atoms with Crippen LogP contribution in [0.1, 0.15) is 11.7 Å². The number of carbonyl (C=O) groups excluding carboxylic acids is 2. The van der Waals surface area contributed by atoms with Crippen LogP contribution < -0.4 is 10.5 Å². The molecule has 0 aromatic heterocycles. The normalized spacial score (nSPS) is 16.7. The molecule has 1 aliphatic heterocycles. The number of Topliss-reactive ketones (excluding diaryl/α,β-unsaturated/α-hetero) is 1. The molecular weight excluding hydrogens is 334 g/mol. The molecule has 7 heteroatoms. The summed E-state index contributed by atoms with van der Waals surface area (Å²) in [6.07, 6.45) is -2.06. The van der Waals surface area contributed by atoms with Crippen LogP contribution in [0.4, 0.5) is 4.79 Å². The van der Waals surface area contributed by atoms with Gasteiger partial charge in [-0.3, -0.25) is 4.79 Å². The number of para-hydroxylation sites is 1. The zero-order chi connectivity index (χ0) is 17.1. The molecule has 0 spiro atoms. The molecule has 0 aliphatic carbocycles. The maximum atomic E-state index is 12.4. The minimum Gasteiger partial charge on any atom is -0.460 e. The van der Waals surface area contributed by atoms with E-state index < -0.39 is 18.0 Å². The Hall–Kier alpha value is -2.99. The van der Waals surface area contributed by atoms with Crippen LogP contribution in [-0.2, 0) is 14.3 Å². The van der Waals surface area contributed by atoms with Crippen molar-refractivity contribution in [1.29, 1.82) is 0 Å². The molecule has 0 fully saturated rings. The molecule has 2 N–H and O–H groups in total. The minimum atomic E-state index is -1.08. The van der Waals surface area contributed by atoms with E-state index in [4.69, 9.17) is 31.5 Å². The summed E-state index contributed by atoms with van der Waals surface area (Å²) in [6, 6.07) is 14.8. The Bertz CT molecular complexity index is 801.